The molecular weight excluding hydrogens is 506 g/mol. The van der Waals surface area contributed by atoms with Gasteiger partial charge in [0.1, 0.15) is 17.5 Å². The highest BCUT2D eigenvalue weighted by Gasteiger charge is 2.39. The zero-order valence-electron chi connectivity index (χ0n) is 24.0. The monoisotopic (exact) mass is 548 g/mol. The van der Waals surface area contributed by atoms with Crippen LogP contribution in [0.3, 0.4) is 0 Å². The van der Waals surface area contributed by atoms with Crippen LogP contribution in [0.4, 0.5) is 14.6 Å². The second-order valence-electron chi connectivity index (χ2n) is 12.0. The van der Waals surface area contributed by atoms with E-state index in [1.165, 1.54) is 29.7 Å². The van der Waals surface area contributed by atoms with Crippen LogP contribution in [0, 0.1) is 11.6 Å². The second-order valence-corrected chi connectivity index (χ2v) is 12.0. The Labute approximate surface area is 237 Å². The minimum Gasteiger partial charge on any atom is -0.389 e. The summed E-state index contributed by atoms with van der Waals surface area (Å²) in [6.07, 6.45) is 7.69. The molecule has 1 aromatic heterocycles. The van der Waals surface area contributed by atoms with Gasteiger partial charge in [0.05, 0.1) is 11.6 Å². The Morgan fingerprint density at radius 2 is 1.70 bits per heavy atom. The van der Waals surface area contributed by atoms with Gasteiger partial charge in [-0.25, -0.2) is 13.8 Å². The molecule has 2 aliphatic heterocycles. The number of nitrogens with zero attached hydrogens (tertiary/aromatic N) is 4. The van der Waals surface area contributed by atoms with Gasteiger partial charge < -0.3 is 19.8 Å². The lowest BCUT2D eigenvalue weighted by Crippen LogP contribution is -2.47. The minimum atomic E-state index is -0.639. The summed E-state index contributed by atoms with van der Waals surface area (Å²) in [7, 11) is 6.18. The van der Waals surface area contributed by atoms with Crippen molar-refractivity contribution < 1.29 is 13.9 Å². The first kappa shape index (κ1) is 28.7. The van der Waals surface area contributed by atoms with E-state index in [0.29, 0.717) is 0 Å². The summed E-state index contributed by atoms with van der Waals surface area (Å²) in [4.78, 5) is 11.4. The molecule has 40 heavy (non-hydrogen) atoms. The van der Waals surface area contributed by atoms with Crippen LogP contribution >= 0.6 is 0 Å². The molecule has 1 saturated heterocycles. The number of aliphatic hydroxyl groups is 1. The van der Waals surface area contributed by atoms with E-state index in [2.05, 4.69) is 32.8 Å². The lowest BCUT2D eigenvalue weighted by atomic mass is 9.72. The Kier molecular flexibility index (Phi) is 8.83. The summed E-state index contributed by atoms with van der Waals surface area (Å²) in [5, 5.41) is 11.0. The molecule has 1 aliphatic carbocycles. The van der Waals surface area contributed by atoms with Crippen molar-refractivity contribution in [3.63, 3.8) is 0 Å². The number of rotatable bonds is 4. The van der Waals surface area contributed by atoms with Gasteiger partial charge >= 0.3 is 0 Å². The average Bonchev–Trinajstić information content (AvgIpc) is 3.06. The summed E-state index contributed by atoms with van der Waals surface area (Å²) in [6, 6.07) is 16.2. The largest absolute Gasteiger partial charge is 0.389 e. The quantitative estimate of drug-likeness (QED) is 0.448. The molecule has 0 spiro atoms. The molecule has 3 heterocycles. The molecule has 7 heteroatoms. The smallest absolute Gasteiger partial charge is 0.132 e. The fourth-order valence-corrected chi connectivity index (χ4v) is 6.68. The number of piperazine rings is 1. The zero-order valence-corrected chi connectivity index (χ0v) is 24.0. The van der Waals surface area contributed by atoms with Crippen LogP contribution in [0.15, 0.2) is 60.8 Å². The number of anilines is 1. The first-order valence-corrected chi connectivity index (χ1v) is 14.5. The normalized spacial score (nSPS) is 20.9. The standard InChI is InChI=1S/C17H18FN3.C16H24FNO/c1-20-7-8-21-16(11-20)15-5-4-14(18)10-13(15)9-12-3-2-6-19-17(12)21;1-18(2)12-15(13-6-8-14(17)9-7-13)16(19)10-4-3-5-11-16/h2-6,10,16H,7-9,11H2,1H3;6-9,15,19H,3-5,10-12H2,1-2H3. The molecule has 1 N–H and O–H groups in total. The maximum atomic E-state index is 13.7. The van der Waals surface area contributed by atoms with Crippen LogP contribution in [0.2, 0.25) is 0 Å². The number of likely N-dealkylation sites (N-methyl/N-ethyl adjacent to an activating group) is 2. The van der Waals surface area contributed by atoms with Gasteiger partial charge in [-0.2, -0.15) is 0 Å². The SMILES string of the molecule is CN(C)CC(c1ccc(F)cc1)C1(O)CCCCC1.CN1CCN2c3ncccc3Cc3cc(F)ccc3C2C1. The van der Waals surface area contributed by atoms with Crippen LogP contribution in [0.5, 0.6) is 0 Å². The van der Waals surface area contributed by atoms with Crippen molar-refractivity contribution in [1.29, 1.82) is 0 Å². The van der Waals surface area contributed by atoms with E-state index in [4.69, 9.17) is 0 Å². The van der Waals surface area contributed by atoms with E-state index < -0.39 is 5.60 Å². The fraction of sp³-hybridized carbons (Fsp3) is 0.485. The number of benzene rings is 2. The topological polar surface area (TPSA) is 42.8 Å². The van der Waals surface area contributed by atoms with Crippen molar-refractivity contribution in [2.45, 2.75) is 56.1 Å². The highest BCUT2D eigenvalue weighted by atomic mass is 19.1. The number of hydrogen-bond acceptors (Lipinski definition) is 5. The third kappa shape index (κ3) is 6.37. The summed E-state index contributed by atoms with van der Waals surface area (Å²) >= 11 is 0. The van der Waals surface area contributed by atoms with E-state index in [0.717, 1.165) is 75.2 Å². The van der Waals surface area contributed by atoms with Crippen molar-refractivity contribution in [2.75, 3.05) is 52.2 Å². The molecule has 6 rings (SSSR count). The van der Waals surface area contributed by atoms with Gasteiger partial charge in [0, 0.05) is 44.7 Å². The van der Waals surface area contributed by atoms with Gasteiger partial charge in [-0.15, -0.1) is 0 Å². The van der Waals surface area contributed by atoms with Crippen LogP contribution in [0.1, 0.15) is 66.3 Å². The van der Waals surface area contributed by atoms with Crippen LogP contribution in [-0.2, 0) is 6.42 Å². The highest BCUT2D eigenvalue weighted by Crippen LogP contribution is 2.40. The van der Waals surface area contributed by atoms with E-state index in [1.807, 2.05) is 44.6 Å². The van der Waals surface area contributed by atoms with Gasteiger partial charge in [-0.1, -0.05) is 43.5 Å². The molecule has 214 valence electrons. The summed E-state index contributed by atoms with van der Waals surface area (Å²) < 4.78 is 26.7. The molecule has 2 aromatic carbocycles. The Morgan fingerprint density at radius 1 is 0.975 bits per heavy atom. The van der Waals surface area contributed by atoms with Crippen molar-refractivity contribution in [3.05, 3.63) is 94.7 Å². The van der Waals surface area contributed by atoms with Crippen LogP contribution in [0.25, 0.3) is 0 Å². The van der Waals surface area contributed by atoms with Gasteiger partial charge in [-0.3, -0.25) is 0 Å². The van der Waals surface area contributed by atoms with E-state index >= 15 is 0 Å². The lowest BCUT2D eigenvalue weighted by molar-refractivity contribution is -0.0277. The van der Waals surface area contributed by atoms with Crippen molar-refractivity contribution in [1.82, 2.24) is 14.8 Å². The fourth-order valence-electron chi connectivity index (χ4n) is 6.68. The predicted octanol–water partition coefficient (Wildman–Crippen LogP) is 5.78. The molecule has 0 bridgehead atoms. The Morgan fingerprint density at radius 3 is 2.42 bits per heavy atom. The first-order valence-electron chi connectivity index (χ1n) is 14.5. The van der Waals surface area contributed by atoms with Crippen LogP contribution in [-0.4, -0.2) is 72.8 Å². The summed E-state index contributed by atoms with van der Waals surface area (Å²) in [6.45, 7) is 3.74. The molecular formula is C33H42F2N4O. The molecule has 3 aliphatic rings. The molecule has 2 atom stereocenters. The van der Waals surface area contributed by atoms with Crippen LogP contribution < -0.4 is 4.90 Å². The maximum absolute atomic E-state index is 13.7. The molecule has 0 radical (unpaired) electrons. The number of fused-ring (bicyclic) bond motifs is 5. The molecule has 0 amide bonds. The number of aromatic nitrogens is 1. The first-order chi connectivity index (χ1) is 19.2. The zero-order chi connectivity index (χ0) is 28.3. The third-order valence-corrected chi connectivity index (χ3v) is 8.76. The third-order valence-electron chi connectivity index (χ3n) is 8.76. The second kappa shape index (κ2) is 12.3. The Bertz CT molecular complexity index is 1280. The highest BCUT2D eigenvalue weighted by molar-refractivity contribution is 5.56. The van der Waals surface area contributed by atoms with Crippen molar-refractivity contribution >= 4 is 5.82 Å². The van der Waals surface area contributed by atoms with Crippen molar-refractivity contribution in [3.8, 4) is 0 Å². The predicted molar refractivity (Wildman–Crippen MR) is 157 cm³/mol. The Balaban J connectivity index is 0.000000162. The molecule has 5 nitrogen and oxygen atoms in total. The lowest BCUT2D eigenvalue weighted by Gasteiger charge is -2.41. The average molecular weight is 549 g/mol. The molecule has 2 unspecified atom stereocenters. The molecule has 2 fully saturated rings. The minimum absolute atomic E-state index is 0.0587. The molecule has 3 aromatic rings. The van der Waals surface area contributed by atoms with Gasteiger partial charge in [0.25, 0.3) is 0 Å². The van der Waals surface area contributed by atoms with Gasteiger partial charge in [0.15, 0.2) is 0 Å². The number of halogens is 2. The maximum Gasteiger partial charge on any atom is 0.132 e. The summed E-state index contributed by atoms with van der Waals surface area (Å²) in [5.74, 6) is 0.746. The van der Waals surface area contributed by atoms with Crippen molar-refractivity contribution in [2.24, 2.45) is 0 Å². The Hall–Kier alpha value is -2.87. The van der Waals surface area contributed by atoms with E-state index in [-0.39, 0.29) is 23.6 Å². The van der Waals surface area contributed by atoms with Gasteiger partial charge in [-0.05, 0) is 86.6 Å². The number of hydrogen-bond donors (Lipinski definition) is 1. The van der Waals surface area contributed by atoms with E-state index in [9.17, 15) is 13.9 Å². The van der Waals surface area contributed by atoms with Gasteiger partial charge in [0.2, 0.25) is 0 Å². The summed E-state index contributed by atoms with van der Waals surface area (Å²) in [5.41, 5.74) is 3.92. The molecule has 1 saturated carbocycles. The number of pyridine rings is 1. The van der Waals surface area contributed by atoms with E-state index in [1.54, 1.807) is 12.1 Å².